The standard InChI is InChI=1S/C28H24N4O4/c1-4-6-21-12-20(13-22(16-29)28-30-24-10-9-18(2)11-25(24)31-28)15-26(35-3)27(21)36-17-19-7-5-8-23(14-19)32(33)34/h4-5,7-15H,1,6,17H2,2-3H3,(H,30,31)/b22-13-. The molecule has 1 heterocycles. The molecule has 4 rings (SSSR count). The number of hydrogen-bond donors (Lipinski definition) is 1. The van der Waals surface area contributed by atoms with Gasteiger partial charge in [0.2, 0.25) is 0 Å². The van der Waals surface area contributed by atoms with Crippen LogP contribution >= 0.6 is 0 Å². The Balaban J connectivity index is 1.69. The fourth-order valence-electron chi connectivity index (χ4n) is 3.88. The summed E-state index contributed by atoms with van der Waals surface area (Å²) in [6.45, 7) is 5.95. The van der Waals surface area contributed by atoms with E-state index < -0.39 is 4.92 Å². The molecular weight excluding hydrogens is 456 g/mol. The van der Waals surface area contributed by atoms with Gasteiger partial charge in [-0.3, -0.25) is 10.1 Å². The molecule has 180 valence electrons. The van der Waals surface area contributed by atoms with Crippen molar-refractivity contribution >= 4 is 28.4 Å². The van der Waals surface area contributed by atoms with Crippen LogP contribution in [-0.2, 0) is 13.0 Å². The zero-order chi connectivity index (χ0) is 25.7. The number of nitro benzene ring substituents is 1. The van der Waals surface area contributed by atoms with E-state index in [9.17, 15) is 15.4 Å². The summed E-state index contributed by atoms with van der Waals surface area (Å²) in [6, 6.07) is 18.1. The molecule has 3 aromatic carbocycles. The van der Waals surface area contributed by atoms with Crippen LogP contribution in [-0.4, -0.2) is 22.0 Å². The molecule has 0 radical (unpaired) electrons. The lowest BCUT2D eigenvalue weighted by Gasteiger charge is -2.16. The smallest absolute Gasteiger partial charge is 0.269 e. The van der Waals surface area contributed by atoms with E-state index in [0.29, 0.717) is 34.9 Å². The van der Waals surface area contributed by atoms with Crippen LogP contribution in [0.25, 0.3) is 22.7 Å². The van der Waals surface area contributed by atoms with Gasteiger partial charge in [-0.15, -0.1) is 6.58 Å². The summed E-state index contributed by atoms with van der Waals surface area (Å²) in [6.07, 6.45) is 3.98. The molecule has 8 heteroatoms. The Morgan fingerprint density at radius 3 is 2.81 bits per heavy atom. The summed E-state index contributed by atoms with van der Waals surface area (Å²) in [5.74, 6) is 1.47. The first-order valence-electron chi connectivity index (χ1n) is 11.2. The SMILES string of the molecule is C=CCc1cc(/C=C(/C#N)c2nc3ccc(C)cc3[nH]2)cc(OC)c1OCc1cccc([N+](=O)[O-])c1. The largest absolute Gasteiger partial charge is 0.493 e. The summed E-state index contributed by atoms with van der Waals surface area (Å²) in [4.78, 5) is 18.4. The van der Waals surface area contributed by atoms with Crippen LogP contribution in [0.4, 0.5) is 5.69 Å². The molecule has 36 heavy (non-hydrogen) atoms. The molecule has 0 unspecified atom stereocenters. The Hall–Kier alpha value is -4.90. The maximum atomic E-state index is 11.1. The first-order chi connectivity index (χ1) is 17.4. The topological polar surface area (TPSA) is 114 Å². The molecule has 4 aromatic rings. The second-order valence-corrected chi connectivity index (χ2v) is 8.20. The van der Waals surface area contributed by atoms with Crippen molar-refractivity contribution in [2.45, 2.75) is 20.0 Å². The van der Waals surface area contributed by atoms with E-state index in [1.54, 1.807) is 30.4 Å². The number of nitriles is 1. The maximum Gasteiger partial charge on any atom is 0.269 e. The van der Waals surface area contributed by atoms with Crippen LogP contribution in [0, 0.1) is 28.4 Å². The van der Waals surface area contributed by atoms with Gasteiger partial charge in [-0.25, -0.2) is 4.98 Å². The minimum Gasteiger partial charge on any atom is -0.493 e. The minimum absolute atomic E-state index is 0.000328. The molecule has 0 saturated heterocycles. The molecule has 1 N–H and O–H groups in total. The van der Waals surface area contributed by atoms with E-state index >= 15 is 0 Å². The van der Waals surface area contributed by atoms with E-state index in [-0.39, 0.29) is 12.3 Å². The average molecular weight is 481 g/mol. The highest BCUT2D eigenvalue weighted by molar-refractivity contribution is 5.90. The first kappa shape index (κ1) is 24.2. The molecule has 0 atom stereocenters. The number of rotatable bonds is 9. The van der Waals surface area contributed by atoms with Crippen LogP contribution in [0.15, 0.2) is 67.3 Å². The number of fused-ring (bicyclic) bond motifs is 1. The monoisotopic (exact) mass is 480 g/mol. The van der Waals surface area contributed by atoms with Crippen LogP contribution < -0.4 is 9.47 Å². The zero-order valence-electron chi connectivity index (χ0n) is 19.9. The lowest BCUT2D eigenvalue weighted by Crippen LogP contribution is -2.02. The number of nitrogens with one attached hydrogen (secondary N) is 1. The van der Waals surface area contributed by atoms with Crippen LogP contribution in [0.2, 0.25) is 0 Å². The second kappa shape index (κ2) is 10.6. The lowest BCUT2D eigenvalue weighted by molar-refractivity contribution is -0.384. The van der Waals surface area contributed by atoms with E-state index in [0.717, 1.165) is 27.7 Å². The summed E-state index contributed by atoms with van der Waals surface area (Å²) >= 11 is 0. The van der Waals surface area contributed by atoms with Crippen molar-refractivity contribution < 1.29 is 14.4 Å². The number of aromatic nitrogens is 2. The number of aryl methyl sites for hydroxylation is 1. The van der Waals surface area contributed by atoms with E-state index in [1.807, 2.05) is 31.2 Å². The van der Waals surface area contributed by atoms with Gasteiger partial charge < -0.3 is 14.5 Å². The minimum atomic E-state index is -0.440. The van der Waals surface area contributed by atoms with Crippen molar-refractivity contribution in [3.8, 4) is 17.6 Å². The van der Waals surface area contributed by atoms with Gasteiger partial charge in [0, 0.05) is 17.7 Å². The predicted molar refractivity (Wildman–Crippen MR) is 139 cm³/mol. The van der Waals surface area contributed by atoms with Crippen LogP contribution in [0.1, 0.15) is 28.1 Å². The molecule has 1 aromatic heterocycles. The number of nitro groups is 1. The summed E-state index contributed by atoms with van der Waals surface area (Å²) in [7, 11) is 1.54. The van der Waals surface area contributed by atoms with Crippen molar-refractivity contribution in [3.63, 3.8) is 0 Å². The quantitative estimate of drug-likeness (QED) is 0.133. The number of H-pyrrole nitrogens is 1. The maximum absolute atomic E-state index is 11.1. The molecule has 0 spiro atoms. The van der Waals surface area contributed by atoms with Gasteiger partial charge in [0.25, 0.3) is 5.69 Å². The van der Waals surface area contributed by atoms with Gasteiger partial charge in [-0.1, -0.05) is 24.3 Å². The Morgan fingerprint density at radius 1 is 1.25 bits per heavy atom. The van der Waals surface area contributed by atoms with E-state index in [1.165, 1.54) is 19.2 Å². The number of aromatic amines is 1. The van der Waals surface area contributed by atoms with Gasteiger partial charge in [0.1, 0.15) is 18.5 Å². The molecule has 0 saturated carbocycles. The van der Waals surface area contributed by atoms with Gasteiger partial charge >= 0.3 is 0 Å². The molecule has 0 aliphatic rings. The number of non-ortho nitro benzene ring substituents is 1. The van der Waals surface area contributed by atoms with E-state index in [4.69, 9.17) is 9.47 Å². The number of imidazole rings is 1. The van der Waals surface area contributed by atoms with Gasteiger partial charge in [-0.05, 0) is 60.4 Å². The Labute approximate surface area is 208 Å². The highest BCUT2D eigenvalue weighted by atomic mass is 16.6. The lowest BCUT2D eigenvalue weighted by atomic mass is 10.0. The fourth-order valence-corrected chi connectivity index (χ4v) is 3.88. The van der Waals surface area contributed by atoms with Crippen molar-refractivity contribution in [2.24, 2.45) is 0 Å². The number of ether oxygens (including phenoxy) is 2. The third-order valence-corrected chi connectivity index (χ3v) is 5.57. The summed E-state index contributed by atoms with van der Waals surface area (Å²) < 4.78 is 11.7. The average Bonchev–Trinajstić information content (AvgIpc) is 3.29. The molecule has 0 aliphatic carbocycles. The molecule has 0 bridgehead atoms. The number of hydrogen-bond acceptors (Lipinski definition) is 6. The summed E-state index contributed by atoms with van der Waals surface area (Å²) in [5, 5.41) is 20.9. The number of benzene rings is 3. The first-order valence-corrected chi connectivity index (χ1v) is 11.2. The van der Waals surface area contributed by atoms with Crippen molar-refractivity contribution in [3.05, 3.63) is 105 Å². The van der Waals surface area contributed by atoms with Crippen molar-refractivity contribution in [1.82, 2.24) is 9.97 Å². The second-order valence-electron chi connectivity index (χ2n) is 8.20. The third-order valence-electron chi connectivity index (χ3n) is 5.57. The molecule has 0 aliphatic heterocycles. The Morgan fingerprint density at radius 2 is 2.08 bits per heavy atom. The van der Waals surface area contributed by atoms with Gasteiger partial charge in [0.15, 0.2) is 11.5 Å². The van der Waals surface area contributed by atoms with Crippen molar-refractivity contribution in [1.29, 1.82) is 5.26 Å². The molecule has 8 nitrogen and oxygen atoms in total. The molecular formula is C28H24N4O4. The summed E-state index contributed by atoms with van der Waals surface area (Å²) in [5.41, 5.74) is 5.32. The van der Waals surface area contributed by atoms with Gasteiger partial charge in [-0.2, -0.15) is 5.26 Å². The van der Waals surface area contributed by atoms with Crippen molar-refractivity contribution in [2.75, 3.05) is 7.11 Å². The third kappa shape index (κ3) is 5.26. The number of allylic oxidation sites excluding steroid dienone is 2. The van der Waals surface area contributed by atoms with Crippen LogP contribution in [0.3, 0.4) is 0 Å². The van der Waals surface area contributed by atoms with Crippen LogP contribution in [0.5, 0.6) is 11.5 Å². The highest BCUT2D eigenvalue weighted by Gasteiger charge is 2.15. The molecule has 0 amide bonds. The van der Waals surface area contributed by atoms with Gasteiger partial charge in [0.05, 0.1) is 28.6 Å². The zero-order valence-corrected chi connectivity index (χ0v) is 19.9. The Kier molecular flexibility index (Phi) is 7.12. The van der Waals surface area contributed by atoms with E-state index in [2.05, 4.69) is 22.6 Å². The number of nitrogens with zero attached hydrogens (tertiary/aromatic N) is 3. The highest BCUT2D eigenvalue weighted by Crippen LogP contribution is 2.35. The fraction of sp³-hybridized carbons (Fsp3) is 0.143. The number of methoxy groups -OCH3 is 1. The molecule has 0 fully saturated rings. The normalized spacial score (nSPS) is 11.2. The predicted octanol–water partition coefficient (Wildman–Crippen LogP) is 6.16. The Bertz CT molecular complexity index is 1530.